The van der Waals surface area contributed by atoms with Crippen LogP contribution in [-0.4, -0.2) is 72.2 Å². The first kappa shape index (κ1) is 25.9. The molecule has 2 heterocycles. The summed E-state index contributed by atoms with van der Waals surface area (Å²) < 4.78 is 38.9. The van der Waals surface area contributed by atoms with Gasteiger partial charge in [-0.2, -0.15) is 13.2 Å². The molecule has 1 aliphatic heterocycles. The number of alkyl halides is 3. The maximum absolute atomic E-state index is 13.0. The van der Waals surface area contributed by atoms with Crippen LogP contribution in [0.2, 0.25) is 0 Å². The Kier molecular flexibility index (Phi) is 10.7. The lowest BCUT2D eigenvalue weighted by atomic mass is 9.89. The summed E-state index contributed by atoms with van der Waals surface area (Å²) in [5.41, 5.74) is 1.15. The van der Waals surface area contributed by atoms with E-state index in [4.69, 9.17) is 4.99 Å². The monoisotopic (exact) mass is 527 g/mol. The van der Waals surface area contributed by atoms with E-state index in [0.29, 0.717) is 38.6 Å². The molecule has 1 N–H and O–H groups in total. The number of rotatable bonds is 6. The summed E-state index contributed by atoms with van der Waals surface area (Å²) in [6, 6.07) is 2.59. The molecule has 29 heavy (non-hydrogen) atoms. The van der Waals surface area contributed by atoms with E-state index >= 15 is 0 Å². The highest BCUT2D eigenvalue weighted by molar-refractivity contribution is 14.0. The average molecular weight is 527 g/mol. The van der Waals surface area contributed by atoms with Gasteiger partial charge in [-0.1, -0.05) is 19.9 Å². The van der Waals surface area contributed by atoms with Crippen LogP contribution in [0.1, 0.15) is 39.2 Å². The minimum atomic E-state index is -4.19. The van der Waals surface area contributed by atoms with Gasteiger partial charge >= 0.3 is 6.18 Å². The van der Waals surface area contributed by atoms with Crippen LogP contribution < -0.4 is 5.32 Å². The molecular weight excluding hydrogens is 494 g/mol. The first-order valence-electron chi connectivity index (χ1n) is 9.98. The fourth-order valence-corrected chi connectivity index (χ4v) is 3.44. The fraction of sp³-hybridized carbons (Fsp3) is 0.700. The number of halogens is 4. The number of pyridine rings is 1. The Morgan fingerprint density at radius 1 is 1.21 bits per heavy atom. The van der Waals surface area contributed by atoms with Gasteiger partial charge in [0.2, 0.25) is 0 Å². The molecule has 5 nitrogen and oxygen atoms in total. The third-order valence-electron chi connectivity index (χ3n) is 5.33. The number of hydrogen-bond acceptors (Lipinski definition) is 3. The Labute approximate surface area is 189 Å². The number of hydrogen-bond donors (Lipinski definition) is 1. The third kappa shape index (κ3) is 7.58. The van der Waals surface area contributed by atoms with Crippen LogP contribution >= 0.6 is 24.0 Å². The van der Waals surface area contributed by atoms with Crippen molar-refractivity contribution in [2.45, 2.75) is 45.8 Å². The number of aliphatic imine (C=N–C) groups is 1. The minimum Gasteiger partial charge on any atom is -0.357 e. The summed E-state index contributed by atoms with van der Waals surface area (Å²) in [5.74, 6) is 1.42. The molecule has 1 aromatic rings. The predicted molar refractivity (Wildman–Crippen MR) is 122 cm³/mol. The molecule has 0 aromatic carbocycles. The number of guanidine groups is 1. The molecule has 0 radical (unpaired) electrons. The average Bonchev–Trinajstić information content (AvgIpc) is 2.67. The second-order valence-corrected chi connectivity index (χ2v) is 7.57. The zero-order valence-corrected chi connectivity index (χ0v) is 19.9. The Bertz CT molecular complexity index is 616. The summed E-state index contributed by atoms with van der Waals surface area (Å²) in [7, 11) is 0. The highest BCUT2D eigenvalue weighted by Gasteiger charge is 2.41. The molecule has 2 rings (SSSR count). The van der Waals surface area contributed by atoms with E-state index in [2.05, 4.69) is 35.1 Å². The zero-order chi connectivity index (χ0) is 20.7. The van der Waals surface area contributed by atoms with E-state index in [1.165, 1.54) is 11.8 Å². The Balaban J connectivity index is 0.00000420. The summed E-state index contributed by atoms with van der Waals surface area (Å²) in [6.45, 7) is 10.7. The van der Waals surface area contributed by atoms with Gasteiger partial charge in [0.25, 0.3) is 0 Å². The smallest absolute Gasteiger partial charge is 0.357 e. The van der Waals surface area contributed by atoms with Crippen LogP contribution in [0, 0.1) is 5.92 Å². The van der Waals surface area contributed by atoms with Crippen molar-refractivity contribution in [3.63, 3.8) is 0 Å². The summed E-state index contributed by atoms with van der Waals surface area (Å²) in [5, 5.41) is 3.29. The summed E-state index contributed by atoms with van der Waals surface area (Å²) in [6.07, 6.45) is -0.547. The van der Waals surface area contributed by atoms with Crippen molar-refractivity contribution >= 4 is 29.9 Å². The molecular formula is C20H33F3IN5. The van der Waals surface area contributed by atoms with Gasteiger partial charge in [0.05, 0.1) is 0 Å². The predicted octanol–water partition coefficient (Wildman–Crippen LogP) is 3.97. The second-order valence-electron chi connectivity index (χ2n) is 7.57. The van der Waals surface area contributed by atoms with E-state index in [0.717, 1.165) is 18.1 Å². The van der Waals surface area contributed by atoms with Crippen molar-refractivity contribution in [1.29, 1.82) is 0 Å². The molecule has 1 aromatic heterocycles. The lowest BCUT2D eigenvalue weighted by Gasteiger charge is -2.39. The van der Waals surface area contributed by atoms with E-state index in [1.807, 2.05) is 19.2 Å². The number of nitrogens with zero attached hydrogens (tertiary/aromatic N) is 4. The molecule has 0 bridgehead atoms. The van der Waals surface area contributed by atoms with Crippen molar-refractivity contribution in [3.8, 4) is 0 Å². The van der Waals surface area contributed by atoms with Crippen LogP contribution in [0.5, 0.6) is 0 Å². The van der Waals surface area contributed by atoms with Crippen LogP contribution in [-0.2, 0) is 0 Å². The van der Waals surface area contributed by atoms with Crippen molar-refractivity contribution < 1.29 is 13.2 Å². The van der Waals surface area contributed by atoms with Crippen molar-refractivity contribution in [2.24, 2.45) is 10.9 Å². The maximum atomic E-state index is 13.0. The molecule has 2 unspecified atom stereocenters. The van der Waals surface area contributed by atoms with Crippen LogP contribution in [0.4, 0.5) is 13.2 Å². The molecule has 0 amide bonds. The SMILES string of the molecule is CCNC(=NCC(c1cccnc1)C(C)C)N1CCN(C(C)C(F)(F)F)CC1.I. The standard InChI is InChI=1S/C20H32F3N5.HI/c1-5-25-19(26-14-18(15(2)3)17-7-6-8-24-13-17)28-11-9-27(10-12-28)16(4)20(21,22)23;/h6-8,13,15-16,18H,5,9-12,14H2,1-4H3,(H,25,26);1H. The number of piperazine rings is 1. The van der Waals surface area contributed by atoms with Gasteiger partial charge in [-0.05, 0) is 31.4 Å². The van der Waals surface area contributed by atoms with E-state index < -0.39 is 12.2 Å². The number of nitrogens with one attached hydrogen (secondary N) is 1. The lowest BCUT2D eigenvalue weighted by Crippen LogP contribution is -2.56. The normalized spacial score (nSPS) is 18.3. The Morgan fingerprint density at radius 2 is 1.86 bits per heavy atom. The molecule has 0 aliphatic carbocycles. The molecule has 1 aliphatic rings. The largest absolute Gasteiger partial charge is 0.403 e. The summed E-state index contributed by atoms with van der Waals surface area (Å²) in [4.78, 5) is 12.6. The number of aromatic nitrogens is 1. The van der Waals surface area contributed by atoms with Gasteiger partial charge in [-0.3, -0.25) is 14.9 Å². The first-order chi connectivity index (χ1) is 13.2. The van der Waals surface area contributed by atoms with E-state index in [-0.39, 0.29) is 29.9 Å². The molecule has 166 valence electrons. The Hall–Kier alpha value is -1.10. The zero-order valence-electron chi connectivity index (χ0n) is 17.6. The van der Waals surface area contributed by atoms with Crippen molar-refractivity contribution in [1.82, 2.24) is 20.1 Å². The van der Waals surface area contributed by atoms with Gasteiger partial charge in [0.1, 0.15) is 6.04 Å². The topological polar surface area (TPSA) is 43.8 Å². The van der Waals surface area contributed by atoms with E-state index in [1.54, 1.807) is 6.20 Å². The molecule has 2 atom stereocenters. The van der Waals surface area contributed by atoms with E-state index in [9.17, 15) is 13.2 Å². The van der Waals surface area contributed by atoms with Crippen LogP contribution in [0.3, 0.4) is 0 Å². The van der Waals surface area contributed by atoms with Gasteiger partial charge < -0.3 is 10.2 Å². The fourth-order valence-electron chi connectivity index (χ4n) is 3.44. The lowest BCUT2D eigenvalue weighted by molar-refractivity contribution is -0.181. The summed E-state index contributed by atoms with van der Waals surface area (Å²) >= 11 is 0. The highest BCUT2D eigenvalue weighted by Crippen LogP contribution is 2.26. The van der Waals surface area contributed by atoms with Crippen molar-refractivity contribution in [2.75, 3.05) is 39.3 Å². The molecule has 1 saturated heterocycles. The van der Waals surface area contributed by atoms with Gasteiger partial charge in [0, 0.05) is 57.6 Å². The highest BCUT2D eigenvalue weighted by atomic mass is 127. The Morgan fingerprint density at radius 3 is 2.34 bits per heavy atom. The van der Waals surface area contributed by atoms with Crippen LogP contribution in [0.25, 0.3) is 0 Å². The van der Waals surface area contributed by atoms with Gasteiger partial charge in [-0.25, -0.2) is 0 Å². The first-order valence-corrected chi connectivity index (χ1v) is 9.98. The van der Waals surface area contributed by atoms with Gasteiger partial charge in [-0.15, -0.1) is 24.0 Å². The molecule has 0 saturated carbocycles. The van der Waals surface area contributed by atoms with Crippen LogP contribution in [0.15, 0.2) is 29.5 Å². The third-order valence-corrected chi connectivity index (χ3v) is 5.33. The maximum Gasteiger partial charge on any atom is 0.403 e. The second kappa shape index (κ2) is 11.9. The van der Waals surface area contributed by atoms with Crippen molar-refractivity contribution in [3.05, 3.63) is 30.1 Å². The molecule has 0 spiro atoms. The minimum absolute atomic E-state index is 0. The van der Waals surface area contributed by atoms with Gasteiger partial charge in [0.15, 0.2) is 5.96 Å². The molecule has 1 fully saturated rings. The molecule has 9 heteroatoms. The quantitative estimate of drug-likeness (QED) is 0.346.